The molecule has 1 aromatic carbocycles. The molecule has 0 aliphatic rings. The smallest absolute Gasteiger partial charge is 0.129 e. The van der Waals surface area contributed by atoms with Gasteiger partial charge in [-0.15, -0.1) is 0 Å². The van der Waals surface area contributed by atoms with Gasteiger partial charge in [-0.1, -0.05) is 13.0 Å². The largest absolute Gasteiger partial charge is 0.308 e. The van der Waals surface area contributed by atoms with Crippen molar-refractivity contribution in [1.29, 1.82) is 0 Å². The Bertz CT molecular complexity index is 573. The molecule has 21 heavy (non-hydrogen) atoms. The molecule has 1 N–H and O–H groups in total. The number of aromatic nitrogens is 2. The minimum absolute atomic E-state index is 0.0965. The van der Waals surface area contributed by atoms with Crippen molar-refractivity contribution in [1.82, 2.24) is 15.1 Å². The third kappa shape index (κ3) is 3.68. The molecule has 1 aromatic heterocycles. The van der Waals surface area contributed by atoms with E-state index >= 15 is 0 Å². The van der Waals surface area contributed by atoms with Gasteiger partial charge < -0.3 is 5.32 Å². The Balaban J connectivity index is 2.33. The van der Waals surface area contributed by atoms with E-state index < -0.39 is 11.6 Å². The molecule has 1 atom stereocenters. The van der Waals surface area contributed by atoms with Gasteiger partial charge in [0.15, 0.2) is 0 Å². The highest BCUT2D eigenvalue weighted by Gasteiger charge is 2.22. The predicted octanol–water partition coefficient (Wildman–Crippen LogP) is 3.74. The zero-order valence-corrected chi connectivity index (χ0v) is 13.6. The maximum atomic E-state index is 13.9. The molecule has 2 rings (SSSR count). The van der Waals surface area contributed by atoms with Gasteiger partial charge in [-0.25, -0.2) is 8.78 Å². The van der Waals surface area contributed by atoms with Crippen molar-refractivity contribution in [2.45, 2.75) is 25.8 Å². The molecular weight excluding hydrogens is 340 g/mol. The molecule has 0 radical (unpaired) electrons. The zero-order valence-electron chi connectivity index (χ0n) is 12.0. The van der Waals surface area contributed by atoms with Gasteiger partial charge in [-0.05, 0) is 47.4 Å². The topological polar surface area (TPSA) is 29.9 Å². The maximum Gasteiger partial charge on any atom is 0.129 e. The second kappa shape index (κ2) is 7.13. The predicted molar refractivity (Wildman–Crippen MR) is 82.0 cm³/mol. The van der Waals surface area contributed by atoms with Crippen molar-refractivity contribution in [3.8, 4) is 0 Å². The summed E-state index contributed by atoms with van der Waals surface area (Å²) in [5, 5.41) is 7.51. The van der Waals surface area contributed by atoms with Gasteiger partial charge >= 0.3 is 0 Å². The van der Waals surface area contributed by atoms with Crippen LogP contribution in [-0.4, -0.2) is 16.3 Å². The molecule has 0 spiro atoms. The van der Waals surface area contributed by atoms with Crippen LogP contribution in [0.2, 0.25) is 0 Å². The normalized spacial score (nSPS) is 12.6. The Kier molecular flexibility index (Phi) is 5.47. The highest BCUT2D eigenvalue weighted by Crippen LogP contribution is 2.27. The van der Waals surface area contributed by atoms with Gasteiger partial charge in [0.2, 0.25) is 0 Å². The Labute approximate surface area is 131 Å². The SMILES string of the molecule is CCCNC(Cc1c(F)cccc1F)c1c(Br)cnn1C. The first kappa shape index (κ1) is 16.1. The van der Waals surface area contributed by atoms with E-state index in [1.54, 1.807) is 10.9 Å². The Morgan fingerprint density at radius 2 is 2.00 bits per heavy atom. The third-order valence-electron chi connectivity index (χ3n) is 3.38. The van der Waals surface area contributed by atoms with Crippen molar-refractivity contribution >= 4 is 15.9 Å². The van der Waals surface area contributed by atoms with Crippen molar-refractivity contribution in [3.63, 3.8) is 0 Å². The van der Waals surface area contributed by atoms with E-state index in [4.69, 9.17) is 0 Å². The van der Waals surface area contributed by atoms with E-state index in [1.807, 2.05) is 14.0 Å². The summed E-state index contributed by atoms with van der Waals surface area (Å²) in [5.74, 6) is -1.03. The highest BCUT2D eigenvalue weighted by atomic mass is 79.9. The van der Waals surface area contributed by atoms with Crippen LogP contribution in [0.4, 0.5) is 8.78 Å². The standard InChI is InChI=1S/C15H18BrF2N3/c1-3-7-19-14(15-11(16)9-20-21(15)2)8-10-12(17)5-4-6-13(10)18/h4-6,9,14,19H,3,7-8H2,1-2H3. The van der Waals surface area contributed by atoms with Crippen LogP contribution < -0.4 is 5.32 Å². The fraction of sp³-hybridized carbons (Fsp3) is 0.400. The van der Waals surface area contributed by atoms with Crippen LogP contribution in [0.3, 0.4) is 0 Å². The van der Waals surface area contributed by atoms with Crippen LogP contribution in [0.15, 0.2) is 28.9 Å². The fourth-order valence-electron chi connectivity index (χ4n) is 2.33. The molecule has 0 saturated heterocycles. The highest BCUT2D eigenvalue weighted by molar-refractivity contribution is 9.10. The maximum absolute atomic E-state index is 13.9. The quantitative estimate of drug-likeness (QED) is 0.853. The van der Waals surface area contributed by atoms with E-state index in [-0.39, 0.29) is 18.0 Å². The molecule has 1 unspecified atom stereocenters. The fourth-order valence-corrected chi connectivity index (χ4v) is 2.95. The Morgan fingerprint density at radius 1 is 1.33 bits per heavy atom. The number of benzene rings is 1. The van der Waals surface area contributed by atoms with E-state index in [0.29, 0.717) is 0 Å². The van der Waals surface area contributed by atoms with Crippen LogP contribution in [0, 0.1) is 11.6 Å². The average Bonchev–Trinajstić information content (AvgIpc) is 2.78. The first-order valence-corrected chi connectivity index (χ1v) is 7.67. The number of nitrogens with zero attached hydrogens (tertiary/aromatic N) is 2. The van der Waals surface area contributed by atoms with Crippen molar-refractivity contribution in [2.75, 3.05) is 6.54 Å². The van der Waals surface area contributed by atoms with Crippen LogP contribution in [0.25, 0.3) is 0 Å². The molecule has 0 aliphatic heterocycles. The molecule has 2 aromatic rings. The van der Waals surface area contributed by atoms with E-state index in [9.17, 15) is 8.78 Å². The first-order chi connectivity index (χ1) is 10.0. The van der Waals surface area contributed by atoms with Crippen LogP contribution >= 0.6 is 15.9 Å². The van der Waals surface area contributed by atoms with Gasteiger partial charge in [0.25, 0.3) is 0 Å². The Morgan fingerprint density at radius 3 is 2.52 bits per heavy atom. The lowest BCUT2D eigenvalue weighted by atomic mass is 10.0. The van der Waals surface area contributed by atoms with Gasteiger partial charge in [-0.3, -0.25) is 4.68 Å². The summed E-state index contributed by atoms with van der Waals surface area (Å²) in [6.45, 7) is 2.81. The summed E-state index contributed by atoms with van der Waals surface area (Å²) >= 11 is 3.45. The monoisotopic (exact) mass is 357 g/mol. The second-order valence-corrected chi connectivity index (χ2v) is 5.77. The molecule has 0 amide bonds. The van der Waals surface area contributed by atoms with Crippen LogP contribution in [-0.2, 0) is 13.5 Å². The van der Waals surface area contributed by atoms with E-state index in [0.717, 1.165) is 23.1 Å². The summed E-state index contributed by atoms with van der Waals surface area (Å²) in [4.78, 5) is 0. The minimum atomic E-state index is -0.517. The van der Waals surface area contributed by atoms with Gasteiger partial charge in [-0.2, -0.15) is 5.10 Å². The number of hydrogen-bond acceptors (Lipinski definition) is 2. The summed E-state index contributed by atoms with van der Waals surface area (Å²) in [7, 11) is 1.82. The lowest BCUT2D eigenvalue weighted by Crippen LogP contribution is -2.27. The summed E-state index contributed by atoms with van der Waals surface area (Å²) in [5.41, 5.74) is 0.977. The summed E-state index contributed by atoms with van der Waals surface area (Å²) in [6.07, 6.45) is 2.86. The number of nitrogens with one attached hydrogen (secondary N) is 1. The van der Waals surface area contributed by atoms with Crippen molar-refractivity contribution < 1.29 is 8.78 Å². The van der Waals surface area contributed by atoms with Crippen molar-refractivity contribution in [2.24, 2.45) is 7.05 Å². The van der Waals surface area contributed by atoms with E-state index in [2.05, 4.69) is 26.3 Å². The average molecular weight is 358 g/mol. The lowest BCUT2D eigenvalue weighted by molar-refractivity contribution is 0.466. The molecular formula is C15H18BrF2N3. The number of halogens is 3. The molecule has 0 saturated carbocycles. The summed E-state index contributed by atoms with van der Waals surface area (Å²) in [6, 6.07) is 3.74. The van der Waals surface area contributed by atoms with Crippen LogP contribution in [0.1, 0.15) is 30.6 Å². The molecule has 0 fully saturated rings. The molecule has 1 heterocycles. The Hall–Kier alpha value is -1.27. The molecule has 114 valence electrons. The third-order valence-corrected chi connectivity index (χ3v) is 3.99. The van der Waals surface area contributed by atoms with Gasteiger partial charge in [0, 0.05) is 12.6 Å². The molecule has 0 bridgehead atoms. The van der Waals surface area contributed by atoms with Crippen LogP contribution in [0.5, 0.6) is 0 Å². The zero-order chi connectivity index (χ0) is 15.4. The molecule has 3 nitrogen and oxygen atoms in total. The number of aryl methyl sites for hydroxylation is 1. The van der Waals surface area contributed by atoms with Gasteiger partial charge in [0.05, 0.1) is 22.4 Å². The summed E-state index contributed by atoms with van der Waals surface area (Å²) < 4.78 is 30.3. The lowest BCUT2D eigenvalue weighted by Gasteiger charge is -2.20. The van der Waals surface area contributed by atoms with Gasteiger partial charge in [0.1, 0.15) is 11.6 Å². The number of hydrogen-bond donors (Lipinski definition) is 1. The molecule has 6 heteroatoms. The van der Waals surface area contributed by atoms with E-state index in [1.165, 1.54) is 18.2 Å². The van der Waals surface area contributed by atoms with Crippen molar-refractivity contribution in [3.05, 3.63) is 51.8 Å². The number of rotatable bonds is 6. The molecule has 0 aliphatic carbocycles. The first-order valence-electron chi connectivity index (χ1n) is 6.88. The minimum Gasteiger partial charge on any atom is -0.308 e. The second-order valence-electron chi connectivity index (χ2n) is 4.91.